The number of benzene rings is 2. The van der Waals surface area contributed by atoms with Gasteiger partial charge in [0.05, 0.1) is 5.52 Å². The summed E-state index contributed by atoms with van der Waals surface area (Å²) in [7, 11) is 0. The molecule has 0 atom stereocenters. The first-order chi connectivity index (χ1) is 12.1. The van der Waals surface area contributed by atoms with Gasteiger partial charge in [-0.1, -0.05) is 48.0 Å². The first-order valence-electron chi connectivity index (χ1n) is 8.49. The Morgan fingerprint density at radius 3 is 2.80 bits per heavy atom. The Hall–Kier alpha value is -2.94. The van der Waals surface area contributed by atoms with E-state index in [1.165, 1.54) is 11.1 Å². The molecule has 0 fully saturated rings. The fraction of sp³-hybridized carbons (Fsp3) is 0.182. The maximum atomic E-state index is 12.0. The van der Waals surface area contributed by atoms with Crippen LogP contribution in [0.3, 0.4) is 0 Å². The van der Waals surface area contributed by atoms with Gasteiger partial charge in [-0.25, -0.2) is 0 Å². The van der Waals surface area contributed by atoms with Crippen molar-refractivity contribution in [2.24, 2.45) is 0 Å². The molecular weight excluding hydrogens is 308 g/mol. The smallest absolute Gasteiger partial charge is 0.244 e. The van der Waals surface area contributed by atoms with E-state index < -0.39 is 0 Å². The summed E-state index contributed by atoms with van der Waals surface area (Å²) in [5.41, 5.74) is 5.62. The van der Waals surface area contributed by atoms with Gasteiger partial charge in [0.25, 0.3) is 0 Å². The molecule has 0 bridgehead atoms. The van der Waals surface area contributed by atoms with E-state index in [2.05, 4.69) is 54.5 Å². The minimum Gasteiger partial charge on any atom is -0.352 e. The van der Waals surface area contributed by atoms with Crippen LogP contribution < -0.4 is 5.32 Å². The Morgan fingerprint density at radius 1 is 1.12 bits per heavy atom. The molecule has 0 aliphatic rings. The van der Waals surface area contributed by atoms with E-state index in [1.54, 1.807) is 12.3 Å². The van der Waals surface area contributed by atoms with Gasteiger partial charge in [0, 0.05) is 24.2 Å². The molecule has 0 saturated heterocycles. The summed E-state index contributed by atoms with van der Waals surface area (Å²) in [4.78, 5) is 16.5. The molecule has 0 saturated carbocycles. The maximum Gasteiger partial charge on any atom is 0.244 e. The van der Waals surface area contributed by atoms with E-state index in [0.717, 1.165) is 28.5 Å². The van der Waals surface area contributed by atoms with Crippen LogP contribution in [0, 0.1) is 13.8 Å². The average Bonchev–Trinajstić information content (AvgIpc) is 2.61. The molecule has 0 unspecified atom stereocenters. The van der Waals surface area contributed by atoms with Crippen molar-refractivity contribution in [1.82, 2.24) is 10.3 Å². The monoisotopic (exact) mass is 330 g/mol. The Morgan fingerprint density at radius 2 is 1.96 bits per heavy atom. The lowest BCUT2D eigenvalue weighted by Crippen LogP contribution is -2.23. The number of nitrogens with one attached hydrogen (secondary N) is 1. The van der Waals surface area contributed by atoms with Gasteiger partial charge in [0.2, 0.25) is 5.91 Å². The van der Waals surface area contributed by atoms with Crippen molar-refractivity contribution in [2.75, 3.05) is 6.54 Å². The SMILES string of the molecule is Cc1ccc(/C=C/C(=O)NCCc2cccc3cccnc23)c(C)c1. The summed E-state index contributed by atoms with van der Waals surface area (Å²) in [5, 5.41) is 4.07. The van der Waals surface area contributed by atoms with Crippen LogP contribution in [0.4, 0.5) is 0 Å². The second-order valence-electron chi connectivity index (χ2n) is 6.23. The van der Waals surface area contributed by atoms with Crippen LogP contribution in [-0.4, -0.2) is 17.4 Å². The molecule has 0 aliphatic carbocycles. The predicted octanol–water partition coefficient (Wildman–Crippen LogP) is 4.22. The summed E-state index contributed by atoms with van der Waals surface area (Å²) in [6.45, 7) is 4.71. The normalized spacial score (nSPS) is 11.1. The van der Waals surface area contributed by atoms with E-state index in [0.29, 0.717) is 6.54 Å². The topological polar surface area (TPSA) is 42.0 Å². The fourth-order valence-corrected chi connectivity index (χ4v) is 2.93. The van der Waals surface area contributed by atoms with Gasteiger partial charge in [-0.05, 0) is 49.1 Å². The van der Waals surface area contributed by atoms with Crippen LogP contribution >= 0.6 is 0 Å². The third kappa shape index (κ3) is 4.32. The van der Waals surface area contributed by atoms with Crippen LogP contribution in [0.15, 0.2) is 60.8 Å². The lowest BCUT2D eigenvalue weighted by Gasteiger charge is -2.06. The minimum absolute atomic E-state index is 0.0758. The molecule has 3 nitrogen and oxygen atoms in total. The lowest BCUT2D eigenvalue weighted by molar-refractivity contribution is -0.116. The zero-order valence-electron chi connectivity index (χ0n) is 14.6. The number of hydrogen-bond donors (Lipinski definition) is 1. The van der Waals surface area contributed by atoms with Crippen molar-refractivity contribution in [2.45, 2.75) is 20.3 Å². The number of nitrogens with zero attached hydrogens (tertiary/aromatic N) is 1. The molecule has 3 rings (SSSR count). The largest absolute Gasteiger partial charge is 0.352 e. The number of aryl methyl sites for hydroxylation is 2. The van der Waals surface area contributed by atoms with Crippen LogP contribution in [-0.2, 0) is 11.2 Å². The first kappa shape index (κ1) is 16.9. The van der Waals surface area contributed by atoms with E-state index >= 15 is 0 Å². The zero-order chi connectivity index (χ0) is 17.6. The van der Waals surface area contributed by atoms with Crippen molar-refractivity contribution >= 4 is 22.9 Å². The minimum atomic E-state index is -0.0758. The molecule has 1 aromatic heterocycles. The number of para-hydroxylation sites is 1. The molecule has 3 aromatic rings. The summed E-state index contributed by atoms with van der Waals surface area (Å²) in [6.07, 6.45) is 6.02. The Balaban J connectivity index is 1.58. The van der Waals surface area contributed by atoms with E-state index in [9.17, 15) is 4.79 Å². The molecule has 1 N–H and O–H groups in total. The molecule has 0 spiro atoms. The second kappa shape index (κ2) is 7.75. The summed E-state index contributed by atoms with van der Waals surface area (Å²) >= 11 is 0. The Kier molecular flexibility index (Phi) is 5.24. The van der Waals surface area contributed by atoms with Crippen molar-refractivity contribution in [3.8, 4) is 0 Å². The van der Waals surface area contributed by atoms with Crippen molar-refractivity contribution in [3.05, 3.63) is 83.1 Å². The van der Waals surface area contributed by atoms with Gasteiger partial charge in [0.15, 0.2) is 0 Å². The van der Waals surface area contributed by atoms with Gasteiger partial charge in [-0.15, -0.1) is 0 Å². The van der Waals surface area contributed by atoms with E-state index in [4.69, 9.17) is 0 Å². The molecule has 3 heteroatoms. The standard InChI is InChI=1S/C22H22N2O/c1-16-8-9-18(17(2)15-16)10-11-21(25)23-14-12-20-6-3-5-19-7-4-13-24-22(19)20/h3-11,13,15H,12,14H2,1-2H3,(H,23,25)/b11-10+. The summed E-state index contributed by atoms with van der Waals surface area (Å²) < 4.78 is 0. The van der Waals surface area contributed by atoms with Crippen molar-refractivity contribution < 1.29 is 4.79 Å². The number of fused-ring (bicyclic) bond motifs is 1. The van der Waals surface area contributed by atoms with Gasteiger partial charge >= 0.3 is 0 Å². The molecule has 1 amide bonds. The number of carbonyl (C=O) groups excluding carboxylic acids is 1. The van der Waals surface area contributed by atoms with Crippen molar-refractivity contribution in [1.29, 1.82) is 0 Å². The van der Waals surface area contributed by atoms with Gasteiger partial charge in [-0.2, -0.15) is 0 Å². The van der Waals surface area contributed by atoms with Crippen LogP contribution in [0.5, 0.6) is 0 Å². The quantitative estimate of drug-likeness (QED) is 0.712. The number of carbonyl (C=O) groups is 1. The van der Waals surface area contributed by atoms with Gasteiger partial charge < -0.3 is 5.32 Å². The molecule has 25 heavy (non-hydrogen) atoms. The number of amides is 1. The highest BCUT2D eigenvalue weighted by Gasteiger charge is 2.03. The van der Waals surface area contributed by atoms with Crippen molar-refractivity contribution in [3.63, 3.8) is 0 Å². The second-order valence-corrected chi connectivity index (χ2v) is 6.23. The van der Waals surface area contributed by atoms with Crippen LogP contribution in [0.1, 0.15) is 22.3 Å². The van der Waals surface area contributed by atoms with Gasteiger partial charge in [0.1, 0.15) is 0 Å². The van der Waals surface area contributed by atoms with Crippen LogP contribution in [0.25, 0.3) is 17.0 Å². The van der Waals surface area contributed by atoms with E-state index in [-0.39, 0.29) is 5.91 Å². The number of rotatable bonds is 5. The highest BCUT2D eigenvalue weighted by Crippen LogP contribution is 2.16. The molecular formula is C22H22N2O. The number of pyridine rings is 1. The van der Waals surface area contributed by atoms with Crippen LogP contribution in [0.2, 0.25) is 0 Å². The lowest BCUT2D eigenvalue weighted by atomic mass is 10.1. The third-order valence-electron chi connectivity index (χ3n) is 4.25. The highest BCUT2D eigenvalue weighted by molar-refractivity contribution is 5.92. The summed E-state index contributed by atoms with van der Waals surface area (Å²) in [6, 6.07) is 16.3. The molecule has 2 aromatic carbocycles. The summed E-state index contributed by atoms with van der Waals surface area (Å²) in [5.74, 6) is -0.0758. The number of aromatic nitrogens is 1. The number of hydrogen-bond acceptors (Lipinski definition) is 2. The Bertz CT molecular complexity index is 923. The third-order valence-corrected chi connectivity index (χ3v) is 4.25. The predicted molar refractivity (Wildman–Crippen MR) is 103 cm³/mol. The Labute approximate surface area is 148 Å². The van der Waals surface area contributed by atoms with E-state index in [1.807, 2.05) is 24.3 Å². The first-order valence-corrected chi connectivity index (χ1v) is 8.49. The van der Waals surface area contributed by atoms with Gasteiger partial charge in [-0.3, -0.25) is 9.78 Å². The highest BCUT2D eigenvalue weighted by atomic mass is 16.1. The maximum absolute atomic E-state index is 12.0. The zero-order valence-corrected chi connectivity index (χ0v) is 14.6. The fourth-order valence-electron chi connectivity index (χ4n) is 2.93. The molecule has 0 radical (unpaired) electrons. The average molecular weight is 330 g/mol. The molecule has 1 heterocycles. The molecule has 0 aliphatic heterocycles. The molecule has 126 valence electrons.